The molecule has 3 heteroatoms. The van der Waals surface area contributed by atoms with Crippen LogP contribution in [0.1, 0.15) is 45.6 Å². The largest absolute Gasteiger partial charge is 0.382 e. The van der Waals surface area contributed by atoms with Gasteiger partial charge in [-0.05, 0) is 51.2 Å². The Hall–Kier alpha value is -1.09. The van der Waals surface area contributed by atoms with E-state index < -0.39 is 0 Å². The van der Waals surface area contributed by atoms with Gasteiger partial charge in [0.05, 0.1) is 0 Å². The zero-order chi connectivity index (χ0) is 14.3. The van der Waals surface area contributed by atoms with Crippen LogP contribution in [0.15, 0.2) is 24.3 Å². The molecule has 19 heavy (non-hydrogen) atoms. The van der Waals surface area contributed by atoms with E-state index in [1.54, 1.807) is 0 Å². The van der Waals surface area contributed by atoms with Gasteiger partial charge >= 0.3 is 0 Å². The topological polar surface area (TPSA) is 24.1 Å². The average molecular weight is 266 g/mol. The van der Waals surface area contributed by atoms with Crippen molar-refractivity contribution in [2.75, 3.05) is 5.32 Å². The molecule has 0 saturated heterocycles. The van der Waals surface area contributed by atoms with E-state index in [2.05, 4.69) is 50.4 Å². The van der Waals surface area contributed by atoms with Crippen LogP contribution in [0.25, 0.3) is 0 Å². The smallest absolute Gasteiger partial charge is 0.0369 e. The van der Waals surface area contributed by atoms with E-state index >= 15 is 0 Å². The minimum absolute atomic E-state index is 0.00553. The molecule has 0 radical (unpaired) electrons. The molecule has 0 spiro atoms. The number of rotatable bonds is 8. The summed E-state index contributed by atoms with van der Waals surface area (Å²) in [6.07, 6.45) is 2.74. The fourth-order valence-corrected chi connectivity index (χ4v) is 2.10. The predicted molar refractivity (Wildman–Crippen MR) is 81.0 cm³/mol. The van der Waals surface area contributed by atoms with Gasteiger partial charge in [-0.25, -0.2) is 0 Å². The maximum absolute atomic E-state index is 12.4. The second-order valence-electron chi connectivity index (χ2n) is 5.57. The van der Waals surface area contributed by atoms with Crippen LogP contribution in [-0.2, 0) is 0 Å². The monoisotopic (exact) mass is 266 g/mol. The summed E-state index contributed by atoms with van der Waals surface area (Å²) >= 11 is 0. The second kappa shape index (κ2) is 8.16. The average Bonchev–Trinajstić information content (AvgIpc) is 2.42. The minimum Gasteiger partial charge on any atom is -0.382 e. The van der Waals surface area contributed by atoms with E-state index in [1.165, 1.54) is 5.56 Å². The summed E-state index contributed by atoms with van der Waals surface area (Å²) in [6, 6.07) is 8.82. The molecule has 0 bridgehead atoms. The molecular weight excluding hydrogens is 239 g/mol. The maximum Gasteiger partial charge on any atom is 0.0369 e. The first-order chi connectivity index (χ1) is 9.06. The quantitative estimate of drug-likeness (QED) is 0.679. The van der Waals surface area contributed by atoms with Crippen LogP contribution >= 0.6 is 0 Å². The van der Waals surface area contributed by atoms with Crippen molar-refractivity contribution in [2.24, 2.45) is 5.92 Å². The Morgan fingerprint density at radius 3 is 2.26 bits per heavy atom. The number of hydrogen-bond acceptors (Lipinski definition) is 2. The number of aryl methyl sites for hydroxylation is 1. The van der Waals surface area contributed by atoms with Gasteiger partial charge in [0.1, 0.15) is 0 Å². The summed E-state index contributed by atoms with van der Waals surface area (Å²) in [6.45, 7) is 8.51. The van der Waals surface area contributed by atoms with Gasteiger partial charge in [-0.1, -0.05) is 31.5 Å². The molecule has 0 aliphatic heterocycles. The molecule has 1 aromatic carbocycles. The summed E-state index contributed by atoms with van der Waals surface area (Å²) in [5, 5.41) is 3.51. The van der Waals surface area contributed by atoms with Crippen LogP contribution in [0.5, 0.6) is 0 Å². The van der Waals surface area contributed by atoms with Gasteiger partial charge in [0.15, 0.2) is 0 Å². The van der Waals surface area contributed by atoms with E-state index in [9.17, 15) is 4.48 Å². The van der Waals surface area contributed by atoms with Crippen LogP contribution in [0, 0.1) is 12.8 Å². The van der Waals surface area contributed by atoms with Crippen LogP contribution in [0.4, 0.5) is 10.2 Å². The van der Waals surface area contributed by atoms with Crippen molar-refractivity contribution in [3.63, 3.8) is 0 Å². The Bertz CT molecular complexity index is 346. The fraction of sp³-hybridized carbons (Fsp3) is 0.625. The highest BCUT2D eigenvalue weighted by Crippen LogP contribution is 2.18. The lowest BCUT2D eigenvalue weighted by Crippen LogP contribution is -2.27. The predicted octanol–water partition coefficient (Wildman–Crippen LogP) is 4.46. The number of anilines is 1. The molecule has 1 aromatic rings. The van der Waals surface area contributed by atoms with Crippen LogP contribution in [0.2, 0.25) is 0 Å². The summed E-state index contributed by atoms with van der Waals surface area (Å²) < 4.78 is 12.4. The number of benzene rings is 1. The summed E-state index contributed by atoms with van der Waals surface area (Å²) in [4.78, 5) is 0. The normalized spacial score (nSPS) is 15.8. The van der Waals surface area contributed by atoms with Crippen LogP contribution < -0.4 is 10.9 Å². The van der Waals surface area contributed by atoms with Gasteiger partial charge in [-0.15, -0.1) is 4.48 Å². The standard InChI is InChI=1S/C16H27FN2/c1-5-15(19-17)11-8-13(3)14(4)18-16-9-6-12(2)7-10-16/h6-7,9-10,13-15,18-19H,5,8,11H2,1-4H3. The number of hydrogen-bond donors (Lipinski definition) is 2. The number of halogens is 1. The van der Waals surface area contributed by atoms with E-state index in [0.717, 1.165) is 24.9 Å². The first-order valence-electron chi connectivity index (χ1n) is 7.26. The molecule has 3 unspecified atom stereocenters. The molecule has 0 aliphatic carbocycles. The lowest BCUT2D eigenvalue weighted by Gasteiger charge is -2.23. The van der Waals surface area contributed by atoms with E-state index in [1.807, 2.05) is 12.5 Å². The molecule has 0 saturated carbocycles. The summed E-state index contributed by atoms with van der Waals surface area (Å²) in [7, 11) is 0. The first kappa shape index (κ1) is 16.0. The second-order valence-corrected chi connectivity index (χ2v) is 5.57. The van der Waals surface area contributed by atoms with Gasteiger partial charge in [0.25, 0.3) is 0 Å². The van der Waals surface area contributed by atoms with Gasteiger partial charge in [-0.3, -0.25) is 0 Å². The molecule has 108 valence electrons. The van der Waals surface area contributed by atoms with E-state index in [0.29, 0.717) is 12.0 Å². The molecule has 0 aromatic heterocycles. The third-order valence-electron chi connectivity index (χ3n) is 3.92. The highest BCUT2D eigenvalue weighted by Gasteiger charge is 2.14. The Balaban J connectivity index is 2.39. The van der Waals surface area contributed by atoms with Gasteiger partial charge in [-0.2, -0.15) is 5.54 Å². The van der Waals surface area contributed by atoms with Crippen molar-refractivity contribution < 1.29 is 4.48 Å². The molecular formula is C16H27FN2. The number of nitrogens with one attached hydrogen (secondary N) is 2. The molecule has 0 amide bonds. The molecule has 0 heterocycles. The molecule has 0 fully saturated rings. The zero-order valence-corrected chi connectivity index (χ0v) is 12.5. The lowest BCUT2D eigenvalue weighted by atomic mass is 9.94. The van der Waals surface area contributed by atoms with Gasteiger partial charge < -0.3 is 5.32 Å². The van der Waals surface area contributed by atoms with E-state index in [4.69, 9.17) is 0 Å². The molecule has 3 atom stereocenters. The van der Waals surface area contributed by atoms with Crippen molar-refractivity contribution in [1.82, 2.24) is 5.54 Å². The van der Waals surface area contributed by atoms with Crippen molar-refractivity contribution in [3.05, 3.63) is 29.8 Å². The molecule has 2 nitrogen and oxygen atoms in total. The van der Waals surface area contributed by atoms with Crippen molar-refractivity contribution in [3.8, 4) is 0 Å². The highest BCUT2D eigenvalue weighted by molar-refractivity contribution is 5.45. The molecule has 0 aliphatic rings. The lowest BCUT2D eigenvalue weighted by molar-refractivity contribution is 0.243. The van der Waals surface area contributed by atoms with Gasteiger partial charge in [0, 0.05) is 17.8 Å². The van der Waals surface area contributed by atoms with Gasteiger partial charge in [0.2, 0.25) is 0 Å². The van der Waals surface area contributed by atoms with E-state index in [-0.39, 0.29) is 6.04 Å². The SMILES string of the molecule is CCC(CCC(C)C(C)Nc1ccc(C)cc1)NF. The molecule has 2 N–H and O–H groups in total. The molecule has 1 rings (SSSR count). The minimum atomic E-state index is -0.00553. The third kappa shape index (κ3) is 5.60. The van der Waals surface area contributed by atoms with Crippen molar-refractivity contribution in [1.29, 1.82) is 0 Å². The van der Waals surface area contributed by atoms with Crippen LogP contribution in [-0.4, -0.2) is 12.1 Å². The van der Waals surface area contributed by atoms with Crippen LogP contribution in [0.3, 0.4) is 0 Å². The summed E-state index contributed by atoms with van der Waals surface area (Å²) in [5.74, 6) is 0.517. The van der Waals surface area contributed by atoms with Crippen molar-refractivity contribution >= 4 is 5.69 Å². The maximum atomic E-state index is 12.4. The van der Waals surface area contributed by atoms with Crippen molar-refractivity contribution in [2.45, 2.75) is 59.0 Å². The Kier molecular flexibility index (Phi) is 6.85. The Morgan fingerprint density at radius 1 is 1.11 bits per heavy atom. The first-order valence-corrected chi connectivity index (χ1v) is 7.26. The zero-order valence-electron chi connectivity index (χ0n) is 12.5. The fourth-order valence-electron chi connectivity index (χ4n) is 2.10. The Labute approximate surface area is 116 Å². The summed E-state index contributed by atoms with van der Waals surface area (Å²) in [5.41, 5.74) is 4.30. The highest BCUT2D eigenvalue weighted by atomic mass is 19.2. The Morgan fingerprint density at radius 2 is 1.74 bits per heavy atom. The third-order valence-corrected chi connectivity index (χ3v) is 3.92.